The Bertz CT molecular complexity index is 240. The highest BCUT2D eigenvalue weighted by atomic mass is 79.9. The van der Waals surface area contributed by atoms with Gasteiger partial charge >= 0.3 is 0 Å². The van der Waals surface area contributed by atoms with Crippen molar-refractivity contribution in [2.24, 2.45) is 0 Å². The van der Waals surface area contributed by atoms with Gasteiger partial charge in [-0.3, -0.25) is 0 Å². The largest absolute Gasteiger partial charge is 1.00 e. The fourth-order valence-corrected chi connectivity index (χ4v) is 0.924. The van der Waals surface area contributed by atoms with Crippen molar-refractivity contribution < 1.29 is 21.5 Å². The number of rotatable bonds is 3. The molecule has 1 aromatic heterocycles. The maximum Gasteiger partial charge on any atom is 0.168 e. The average molecular weight is 227 g/mol. The number of aryl methyl sites for hydroxylation is 1. The van der Waals surface area contributed by atoms with Gasteiger partial charge in [0.05, 0.1) is 6.07 Å². The highest BCUT2D eigenvalue weighted by molar-refractivity contribution is 4.83. The lowest BCUT2D eigenvalue weighted by Crippen LogP contribution is -3.00. The van der Waals surface area contributed by atoms with Crippen molar-refractivity contribution in [3.8, 4) is 6.07 Å². The Morgan fingerprint density at radius 1 is 1.17 bits per heavy atom. The molecule has 12 heavy (non-hydrogen) atoms. The Balaban J connectivity index is 0.00000121. The molecule has 0 aliphatic rings. The first kappa shape index (κ1) is 11.1. The lowest BCUT2D eigenvalue weighted by atomic mass is 10.3. The van der Waals surface area contributed by atoms with Crippen molar-refractivity contribution in [1.29, 1.82) is 5.26 Å². The molecule has 0 fully saturated rings. The monoisotopic (exact) mass is 226 g/mol. The maximum absolute atomic E-state index is 8.29. The molecule has 1 heterocycles. The van der Waals surface area contributed by atoms with E-state index < -0.39 is 0 Å². The molecule has 1 aromatic rings. The third-order valence-corrected chi connectivity index (χ3v) is 1.48. The molecule has 1 rings (SSSR count). The van der Waals surface area contributed by atoms with E-state index in [2.05, 4.69) is 10.6 Å². The van der Waals surface area contributed by atoms with E-state index in [1.54, 1.807) is 0 Å². The summed E-state index contributed by atoms with van der Waals surface area (Å²) in [5.41, 5.74) is 0. The molecule has 0 amide bonds. The van der Waals surface area contributed by atoms with Gasteiger partial charge in [-0.1, -0.05) is 6.07 Å². The number of hydrogen-bond acceptors (Lipinski definition) is 1. The summed E-state index contributed by atoms with van der Waals surface area (Å²) in [4.78, 5) is 0. The molecule has 0 spiro atoms. The first-order valence-electron chi connectivity index (χ1n) is 3.74. The number of aromatic nitrogens is 1. The number of hydrogen-bond donors (Lipinski definition) is 0. The van der Waals surface area contributed by atoms with Crippen LogP contribution in [0.1, 0.15) is 12.8 Å². The minimum absolute atomic E-state index is 0. The van der Waals surface area contributed by atoms with Crippen LogP contribution in [0.5, 0.6) is 0 Å². The normalized spacial score (nSPS) is 8.25. The summed E-state index contributed by atoms with van der Waals surface area (Å²) in [6.07, 6.45) is 5.60. The van der Waals surface area contributed by atoms with Gasteiger partial charge in [0.2, 0.25) is 0 Å². The van der Waals surface area contributed by atoms with Gasteiger partial charge in [-0.05, 0) is 0 Å². The molecular formula is C9H11BrN2. The molecule has 64 valence electrons. The van der Waals surface area contributed by atoms with Crippen LogP contribution < -0.4 is 21.5 Å². The van der Waals surface area contributed by atoms with Crippen molar-refractivity contribution in [3.63, 3.8) is 0 Å². The molecule has 0 saturated carbocycles. The zero-order chi connectivity index (χ0) is 7.94. The summed E-state index contributed by atoms with van der Waals surface area (Å²) < 4.78 is 2.08. The number of nitriles is 1. The van der Waals surface area contributed by atoms with Crippen LogP contribution in [-0.2, 0) is 6.54 Å². The van der Waals surface area contributed by atoms with E-state index in [1.165, 1.54) is 0 Å². The SMILES string of the molecule is N#CCCC[n+]1ccccc1.[Br-]. The van der Waals surface area contributed by atoms with Crippen molar-refractivity contribution in [1.82, 2.24) is 0 Å². The Labute approximate surface area is 83.2 Å². The standard InChI is InChI=1S/C9H11N2.BrH/c10-6-2-5-9-11-7-3-1-4-8-11;/h1,3-4,7-8H,2,5,9H2;1H/q+1;/p-1. The summed E-state index contributed by atoms with van der Waals surface area (Å²) in [5, 5.41) is 8.29. The minimum Gasteiger partial charge on any atom is -1.00 e. The van der Waals surface area contributed by atoms with Gasteiger partial charge in [0.25, 0.3) is 0 Å². The third-order valence-electron chi connectivity index (χ3n) is 1.48. The molecule has 0 aromatic carbocycles. The molecule has 3 heteroatoms. The van der Waals surface area contributed by atoms with Gasteiger partial charge in [0.15, 0.2) is 12.4 Å². The van der Waals surface area contributed by atoms with Crippen LogP contribution in [-0.4, -0.2) is 0 Å². The zero-order valence-corrected chi connectivity index (χ0v) is 8.37. The highest BCUT2D eigenvalue weighted by Gasteiger charge is 1.95. The molecule has 0 aliphatic heterocycles. The fourth-order valence-electron chi connectivity index (χ4n) is 0.924. The molecule has 0 aliphatic carbocycles. The maximum atomic E-state index is 8.29. The molecule has 0 bridgehead atoms. The molecule has 2 nitrogen and oxygen atoms in total. The van der Waals surface area contributed by atoms with E-state index in [0.717, 1.165) is 13.0 Å². The fraction of sp³-hybridized carbons (Fsp3) is 0.333. The van der Waals surface area contributed by atoms with Crippen LogP contribution in [0.3, 0.4) is 0 Å². The number of halogens is 1. The van der Waals surface area contributed by atoms with Gasteiger partial charge in [-0.2, -0.15) is 5.26 Å². The van der Waals surface area contributed by atoms with Gasteiger partial charge in [0, 0.05) is 25.0 Å². The van der Waals surface area contributed by atoms with Gasteiger partial charge in [0.1, 0.15) is 6.54 Å². The zero-order valence-electron chi connectivity index (χ0n) is 6.78. The summed E-state index contributed by atoms with van der Waals surface area (Å²) in [7, 11) is 0. The molecule has 0 unspecified atom stereocenters. The van der Waals surface area contributed by atoms with Gasteiger partial charge in [-0.25, -0.2) is 4.57 Å². The van der Waals surface area contributed by atoms with Crippen LogP contribution >= 0.6 is 0 Å². The Morgan fingerprint density at radius 2 is 1.83 bits per heavy atom. The summed E-state index contributed by atoms with van der Waals surface area (Å²) in [6, 6.07) is 8.10. The molecule has 0 atom stereocenters. The Hall–Kier alpha value is -0.880. The van der Waals surface area contributed by atoms with Gasteiger partial charge < -0.3 is 17.0 Å². The van der Waals surface area contributed by atoms with Crippen LogP contribution in [0, 0.1) is 11.3 Å². The predicted octanol–water partition coefficient (Wildman–Crippen LogP) is -1.72. The van der Waals surface area contributed by atoms with Crippen LogP contribution in [0.2, 0.25) is 0 Å². The molecule has 0 saturated heterocycles. The summed E-state index contributed by atoms with van der Waals surface area (Å²) >= 11 is 0. The molecule has 0 N–H and O–H groups in total. The topological polar surface area (TPSA) is 27.7 Å². The van der Waals surface area contributed by atoms with E-state index in [9.17, 15) is 0 Å². The molecule has 0 radical (unpaired) electrons. The number of unbranched alkanes of at least 4 members (excludes halogenated alkanes) is 1. The Kier molecular flexibility index (Phi) is 6.31. The average Bonchev–Trinajstić information content (AvgIpc) is 2.07. The lowest BCUT2D eigenvalue weighted by molar-refractivity contribution is -0.697. The van der Waals surface area contributed by atoms with Crippen LogP contribution in [0.25, 0.3) is 0 Å². The van der Waals surface area contributed by atoms with Crippen molar-refractivity contribution in [2.75, 3.05) is 0 Å². The number of nitrogens with zero attached hydrogens (tertiary/aromatic N) is 2. The second-order valence-electron chi connectivity index (χ2n) is 2.37. The second-order valence-corrected chi connectivity index (χ2v) is 2.37. The predicted molar refractivity (Wildman–Crippen MR) is 41.5 cm³/mol. The third kappa shape index (κ3) is 4.09. The van der Waals surface area contributed by atoms with Crippen molar-refractivity contribution in [3.05, 3.63) is 30.6 Å². The van der Waals surface area contributed by atoms with E-state index >= 15 is 0 Å². The minimum atomic E-state index is 0. The van der Waals surface area contributed by atoms with Gasteiger partial charge in [-0.15, -0.1) is 0 Å². The quantitative estimate of drug-likeness (QED) is 0.446. The van der Waals surface area contributed by atoms with Crippen molar-refractivity contribution in [2.45, 2.75) is 19.4 Å². The van der Waals surface area contributed by atoms with E-state index in [1.807, 2.05) is 30.6 Å². The lowest BCUT2D eigenvalue weighted by Gasteiger charge is -1.90. The first-order valence-corrected chi connectivity index (χ1v) is 3.74. The number of pyridine rings is 1. The van der Waals surface area contributed by atoms with E-state index in [4.69, 9.17) is 5.26 Å². The summed E-state index contributed by atoms with van der Waals surface area (Å²) in [5.74, 6) is 0. The van der Waals surface area contributed by atoms with Crippen molar-refractivity contribution >= 4 is 0 Å². The van der Waals surface area contributed by atoms with E-state index in [-0.39, 0.29) is 17.0 Å². The molecular weight excluding hydrogens is 216 g/mol. The summed E-state index contributed by atoms with van der Waals surface area (Å²) in [6.45, 7) is 0.939. The second kappa shape index (κ2) is 6.81. The first-order chi connectivity index (χ1) is 5.43. The van der Waals surface area contributed by atoms with Crippen LogP contribution in [0.15, 0.2) is 30.6 Å². The van der Waals surface area contributed by atoms with E-state index in [0.29, 0.717) is 6.42 Å². The van der Waals surface area contributed by atoms with Crippen LogP contribution in [0.4, 0.5) is 0 Å². The smallest absolute Gasteiger partial charge is 0.168 e. The Morgan fingerprint density at radius 3 is 2.42 bits per heavy atom. The highest BCUT2D eigenvalue weighted by Crippen LogP contribution is 1.85.